The molecule has 1 saturated carbocycles. The van der Waals surface area contributed by atoms with Crippen molar-refractivity contribution in [3.63, 3.8) is 0 Å². The van der Waals surface area contributed by atoms with E-state index in [1.165, 1.54) is 24.6 Å². The Hall–Kier alpha value is -2.14. The van der Waals surface area contributed by atoms with Gasteiger partial charge in [-0.25, -0.2) is 15.0 Å². The van der Waals surface area contributed by atoms with Crippen molar-refractivity contribution in [2.75, 3.05) is 36.0 Å². The molecule has 9 nitrogen and oxygen atoms in total. The lowest BCUT2D eigenvalue weighted by atomic mass is 9.73. The summed E-state index contributed by atoms with van der Waals surface area (Å²) in [6.07, 6.45) is 8.46. The number of anilines is 2. The van der Waals surface area contributed by atoms with Gasteiger partial charge >= 0.3 is 0 Å². The lowest BCUT2D eigenvalue weighted by Gasteiger charge is -2.43. The van der Waals surface area contributed by atoms with Gasteiger partial charge in [0.15, 0.2) is 17.4 Å². The highest BCUT2D eigenvalue weighted by molar-refractivity contribution is 7.99. The number of ether oxygens (including phenoxy) is 1. The molecule has 2 saturated heterocycles. The lowest BCUT2D eigenvalue weighted by Crippen LogP contribution is -2.48. The van der Waals surface area contributed by atoms with Gasteiger partial charge in [-0.15, -0.1) is 0 Å². The smallest absolute Gasteiger partial charge is 0.175 e. The highest BCUT2D eigenvalue weighted by atomic mass is 32.2. The van der Waals surface area contributed by atoms with Crippen LogP contribution in [0.5, 0.6) is 5.75 Å². The van der Waals surface area contributed by atoms with E-state index in [1.54, 1.807) is 12.4 Å². The van der Waals surface area contributed by atoms with Crippen LogP contribution in [0.25, 0.3) is 0 Å². The van der Waals surface area contributed by atoms with Crippen molar-refractivity contribution in [1.82, 2.24) is 15.0 Å². The van der Waals surface area contributed by atoms with E-state index in [4.69, 9.17) is 20.4 Å². The Morgan fingerprint density at radius 3 is 2.80 bits per heavy atom. The first-order valence-corrected chi connectivity index (χ1v) is 13.5. The van der Waals surface area contributed by atoms with Gasteiger partial charge in [-0.05, 0) is 49.5 Å². The van der Waals surface area contributed by atoms with Crippen LogP contribution < -0.4 is 20.3 Å². The monoisotopic (exact) mass is 498 g/mol. The molecular formula is C25H34N6O3S. The Bertz CT molecular complexity index is 1090. The van der Waals surface area contributed by atoms with Crippen molar-refractivity contribution in [3.05, 3.63) is 24.2 Å². The van der Waals surface area contributed by atoms with E-state index in [-0.39, 0.29) is 30.2 Å². The molecule has 6 rings (SSSR count). The highest BCUT2D eigenvalue weighted by Gasteiger charge is 2.46. The summed E-state index contributed by atoms with van der Waals surface area (Å²) in [6, 6.07) is 2.36. The first-order chi connectivity index (χ1) is 17.0. The number of fused-ring (bicyclic) bond motifs is 3. The standard InChI is InChI=1S/C25H34N6O3S/c1-15-2-4-25(22(15)26)5-8-30(9-6-25)23-18(13-32)29-20(11-28-23)35-19-3-7-27-24-21(19)34-14-16-10-17(33)12-31(16)24/h3,7,11,15-17,22,32-33H,2,4-6,8-10,12-14,26H2,1H3/t15-,16?,17+,22-/m1/s1. The molecule has 4 N–H and O–H groups in total. The Balaban J connectivity index is 1.19. The van der Waals surface area contributed by atoms with E-state index in [2.05, 4.69) is 21.7 Å². The van der Waals surface area contributed by atoms with Gasteiger partial charge in [0.2, 0.25) is 0 Å². The van der Waals surface area contributed by atoms with Crippen molar-refractivity contribution in [2.24, 2.45) is 17.1 Å². The Morgan fingerprint density at radius 2 is 2.06 bits per heavy atom. The Kier molecular flexibility index (Phi) is 6.03. The molecule has 188 valence electrons. The number of rotatable bonds is 4. The van der Waals surface area contributed by atoms with E-state index in [1.807, 2.05) is 6.07 Å². The molecule has 35 heavy (non-hydrogen) atoms. The molecule has 2 aromatic rings. The van der Waals surface area contributed by atoms with Crippen LogP contribution >= 0.6 is 11.8 Å². The molecule has 0 bridgehead atoms. The molecule has 0 aromatic carbocycles. The number of aliphatic hydroxyl groups excluding tert-OH is 2. The van der Waals surface area contributed by atoms with E-state index in [0.717, 1.165) is 48.2 Å². The average Bonchev–Trinajstić information content (AvgIpc) is 3.39. The largest absolute Gasteiger partial charge is 0.486 e. The van der Waals surface area contributed by atoms with Crippen LogP contribution in [-0.4, -0.2) is 69.6 Å². The van der Waals surface area contributed by atoms with Crippen LogP contribution in [0.3, 0.4) is 0 Å². The number of hydrogen-bond donors (Lipinski definition) is 3. The first kappa shape index (κ1) is 23.3. The summed E-state index contributed by atoms with van der Waals surface area (Å²) in [7, 11) is 0. The molecule has 1 unspecified atom stereocenters. The molecule has 2 aromatic heterocycles. The summed E-state index contributed by atoms with van der Waals surface area (Å²) in [4.78, 5) is 19.3. The highest BCUT2D eigenvalue weighted by Crippen LogP contribution is 2.49. The van der Waals surface area contributed by atoms with Crippen molar-refractivity contribution >= 4 is 23.4 Å². The number of hydrogen-bond acceptors (Lipinski definition) is 10. The Morgan fingerprint density at radius 1 is 1.23 bits per heavy atom. The fourth-order valence-corrected chi connectivity index (χ4v) is 7.33. The van der Waals surface area contributed by atoms with E-state index in [9.17, 15) is 10.2 Å². The molecule has 3 aliphatic heterocycles. The molecule has 0 radical (unpaired) electrons. The van der Waals surface area contributed by atoms with Crippen molar-refractivity contribution in [1.29, 1.82) is 0 Å². The van der Waals surface area contributed by atoms with Gasteiger partial charge in [0.25, 0.3) is 0 Å². The molecule has 0 amide bonds. The van der Waals surface area contributed by atoms with Gasteiger partial charge in [0.05, 0.1) is 29.8 Å². The van der Waals surface area contributed by atoms with Gasteiger partial charge in [0, 0.05) is 31.9 Å². The predicted molar refractivity (Wildman–Crippen MR) is 134 cm³/mol. The predicted octanol–water partition coefficient (Wildman–Crippen LogP) is 2.19. The molecular weight excluding hydrogens is 464 g/mol. The van der Waals surface area contributed by atoms with Gasteiger partial charge in [-0.2, -0.15) is 0 Å². The van der Waals surface area contributed by atoms with Crippen LogP contribution in [-0.2, 0) is 6.61 Å². The molecule has 3 fully saturated rings. The minimum atomic E-state index is -0.351. The van der Waals surface area contributed by atoms with Crippen molar-refractivity contribution in [2.45, 2.75) is 73.7 Å². The third kappa shape index (κ3) is 4.04. The lowest BCUT2D eigenvalue weighted by molar-refractivity contribution is 0.185. The minimum Gasteiger partial charge on any atom is -0.486 e. The summed E-state index contributed by atoms with van der Waals surface area (Å²) in [5.41, 5.74) is 7.44. The van der Waals surface area contributed by atoms with Crippen LogP contribution in [0, 0.1) is 11.3 Å². The third-order valence-electron chi connectivity index (χ3n) is 8.58. The normalized spacial score (nSPS) is 29.3. The first-order valence-electron chi connectivity index (χ1n) is 12.7. The summed E-state index contributed by atoms with van der Waals surface area (Å²) in [6.45, 7) is 5.01. The number of nitrogens with two attached hydrogens (primary N) is 1. The number of nitrogens with zero attached hydrogens (tertiary/aromatic N) is 5. The molecule has 4 aliphatic rings. The minimum absolute atomic E-state index is 0.160. The fraction of sp³-hybridized carbons (Fsp3) is 0.640. The zero-order chi connectivity index (χ0) is 24.2. The second kappa shape index (κ2) is 9.06. The van der Waals surface area contributed by atoms with Crippen molar-refractivity contribution in [3.8, 4) is 5.75 Å². The fourth-order valence-electron chi connectivity index (χ4n) is 6.48. The molecule has 1 aliphatic carbocycles. The zero-order valence-corrected chi connectivity index (χ0v) is 21.0. The third-order valence-corrected chi connectivity index (χ3v) is 9.52. The summed E-state index contributed by atoms with van der Waals surface area (Å²) >= 11 is 1.46. The maximum atomic E-state index is 10.1. The quantitative estimate of drug-likeness (QED) is 0.578. The molecule has 10 heteroatoms. The van der Waals surface area contributed by atoms with Gasteiger partial charge in [-0.3, -0.25) is 0 Å². The molecule has 5 heterocycles. The van der Waals surface area contributed by atoms with E-state index < -0.39 is 0 Å². The van der Waals surface area contributed by atoms with Gasteiger partial charge < -0.3 is 30.5 Å². The van der Waals surface area contributed by atoms with Crippen LogP contribution in [0.15, 0.2) is 28.4 Å². The summed E-state index contributed by atoms with van der Waals surface area (Å²) in [5, 5.41) is 20.9. The number of piperidine rings is 1. The number of aliphatic hydroxyl groups is 2. The average molecular weight is 499 g/mol. The van der Waals surface area contributed by atoms with Gasteiger partial charge in [-0.1, -0.05) is 18.7 Å². The summed E-state index contributed by atoms with van der Waals surface area (Å²) in [5.74, 6) is 2.86. The Labute approximate surface area is 210 Å². The van der Waals surface area contributed by atoms with Crippen LogP contribution in [0.1, 0.15) is 44.7 Å². The zero-order valence-electron chi connectivity index (χ0n) is 20.1. The second-order valence-corrected chi connectivity index (χ2v) is 11.7. The topological polar surface area (TPSA) is 121 Å². The van der Waals surface area contributed by atoms with Crippen molar-refractivity contribution < 1.29 is 14.9 Å². The maximum absolute atomic E-state index is 10.1. The van der Waals surface area contributed by atoms with E-state index >= 15 is 0 Å². The molecule has 4 atom stereocenters. The molecule has 1 spiro atoms. The van der Waals surface area contributed by atoms with Crippen LogP contribution in [0.4, 0.5) is 11.6 Å². The van der Waals surface area contributed by atoms with E-state index in [0.29, 0.717) is 36.2 Å². The number of aromatic nitrogens is 3. The summed E-state index contributed by atoms with van der Waals surface area (Å²) < 4.78 is 6.07. The number of pyridine rings is 1. The second-order valence-electron chi connectivity index (χ2n) is 10.6. The SMILES string of the molecule is C[C@@H]1CCC2(CCN(c3ncc(Sc4ccnc5c4OCC4C[C@H](O)CN54)nc3CO)CC2)[C@@H]1N. The maximum Gasteiger partial charge on any atom is 0.175 e. The van der Waals surface area contributed by atoms with Crippen LogP contribution in [0.2, 0.25) is 0 Å². The van der Waals surface area contributed by atoms with Gasteiger partial charge in [0.1, 0.15) is 17.3 Å².